The van der Waals surface area contributed by atoms with Gasteiger partial charge in [-0.05, 0) is 102 Å². The molecule has 11 heteroatoms. The summed E-state index contributed by atoms with van der Waals surface area (Å²) in [7, 11) is 0. The maximum Gasteiger partial charge on any atom is 0.410 e. The molecule has 1 aliphatic carbocycles. The van der Waals surface area contributed by atoms with Gasteiger partial charge in [0.15, 0.2) is 0 Å². The molecule has 1 saturated carbocycles. The number of likely N-dealkylation sites (tertiary alicyclic amines) is 2. The lowest BCUT2D eigenvalue weighted by molar-refractivity contribution is -0.136. The fourth-order valence-corrected chi connectivity index (χ4v) is 7.06. The van der Waals surface area contributed by atoms with E-state index >= 15 is 0 Å². The van der Waals surface area contributed by atoms with E-state index in [1.165, 1.54) is 0 Å². The number of carbonyl (C=O) groups is 5. The van der Waals surface area contributed by atoms with E-state index < -0.39 is 29.4 Å². The van der Waals surface area contributed by atoms with E-state index in [2.05, 4.69) is 10.2 Å². The molecule has 0 radical (unpaired) electrons. The highest BCUT2D eigenvalue weighted by atomic mass is 16.6. The van der Waals surface area contributed by atoms with E-state index in [4.69, 9.17) is 9.47 Å². The van der Waals surface area contributed by atoms with Crippen molar-refractivity contribution in [2.45, 2.75) is 108 Å². The van der Waals surface area contributed by atoms with Crippen LogP contribution in [0.25, 0.3) is 0 Å². The average Bonchev–Trinajstić information content (AvgIpc) is 3.19. The molecular formula is C32H42N4O7. The van der Waals surface area contributed by atoms with Gasteiger partial charge in [-0.2, -0.15) is 0 Å². The van der Waals surface area contributed by atoms with Gasteiger partial charge in [-0.3, -0.25) is 29.4 Å². The highest BCUT2D eigenvalue weighted by Crippen LogP contribution is 2.37. The summed E-state index contributed by atoms with van der Waals surface area (Å²) >= 11 is 0. The first-order valence-electron chi connectivity index (χ1n) is 15.7. The van der Waals surface area contributed by atoms with Crippen LogP contribution in [0.1, 0.15) is 104 Å². The lowest BCUT2D eigenvalue weighted by atomic mass is 9.83. The summed E-state index contributed by atoms with van der Waals surface area (Å²) in [6.45, 7) is 8.94. The van der Waals surface area contributed by atoms with Crippen LogP contribution in [0, 0.1) is 0 Å². The summed E-state index contributed by atoms with van der Waals surface area (Å²) in [5.74, 6) is -1.59. The number of fused-ring (bicyclic) bond motifs is 1. The number of carbonyl (C=O) groups excluding carboxylic acids is 5. The van der Waals surface area contributed by atoms with Crippen molar-refractivity contribution < 1.29 is 33.4 Å². The zero-order chi connectivity index (χ0) is 30.5. The predicted octanol–water partition coefficient (Wildman–Crippen LogP) is 3.21. The van der Waals surface area contributed by atoms with Crippen LogP contribution in [0.5, 0.6) is 0 Å². The number of imide groups is 2. The Morgan fingerprint density at radius 2 is 1.53 bits per heavy atom. The van der Waals surface area contributed by atoms with Gasteiger partial charge in [0.2, 0.25) is 11.8 Å². The second-order valence-corrected chi connectivity index (χ2v) is 13.6. The number of rotatable bonds is 5. The van der Waals surface area contributed by atoms with E-state index in [0.29, 0.717) is 36.2 Å². The number of piperidine rings is 3. The molecule has 3 saturated heterocycles. The minimum Gasteiger partial charge on any atom is -0.444 e. The van der Waals surface area contributed by atoms with Gasteiger partial charge in [0.1, 0.15) is 11.6 Å². The quantitative estimate of drug-likeness (QED) is 0.516. The normalized spacial score (nSPS) is 27.7. The van der Waals surface area contributed by atoms with Gasteiger partial charge in [0.25, 0.3) is 11.8 Å². The van der Waals surface area contributed by atoms with Crippen molar-refractivity contribution in [3.05, 3.63) is 34.9 Å². The van der Waals surface area contributed by atoms with Crippen LogP contribution in [0.2, 0.25) is 0 Å². The van der Waals surface area contributed by atoms with E-state index in [9.17, 15) is 24.0 Å². The van der Waals surface area contributed by atoms with Crippen LogP contribution >= 0.6 is 0 Å². The number of nitrogens with zero attached hydrogens (tertiary/aromatic N) is 3. The molecule has 5 aliphatic rings. The Bertz CT molecular complexity index is 1300. The molecule has 232 valence electrons. The van der Waals surface area contributed by atoms with Crippen LogP contribution in [0.15, 0.2) is 18.2 Å². The molecule has 1 unspecified atom stereocenters. The van der Waals surface area contributed by atoms with Gasteiger partial charge in [-0.1, -0.05) is 6.07 Å². The van der Waals surface area contributed by atoms with Crippen molar-refractivity contribution in [3.8, 4) is 0 Å². The Morgan fingerprint density at radius 1 is 0.860 bits per heavy atom. The summed E-state index contributed by atoms with van der Waals surface area (Å²) < 4.78 is 11.9. The maximum absolute atomic E-state index is 13.2. The molecule has 43 heavy (non-hydrogen) atoms. The molecule has 0 aromatic heterocycles. The standard InChI is InChI=1S/C32H42N4O7/c1-32(2,3)43-31(41)35-14-10-22(11-15-35)42-23-17-21(18-23)34-12-8-19(9-13-34)20-4-5-24-25(16-20)30(40)36(29(24)39)26-6-7-27(37)33-28(26)38/h4-5,16,19,21-23,26H,6-15,17-18H2,1-3H3,(H,33,37,38). The lowest BCUT2D eigenvalue weighted by Gasteiger charge is -2.47. The molecule has 6 rings (SSSR count). The third-order valence-electron chi connectivity index (χ3n) is 9.53. The Morgan fingerprint density at radius 3 is 2.19 bits per heavy atom. The molecule has 1 N–H and O–H groups in total. The van der Waals surface area contributed by atoms with E-state index in [0.717, 1.165) is 62.1 Å². The Labute approximate surface area is 252 Å². The topological polar surface area (TPSA) is 126 Å². The van der Waals surface area contributed by atoms with Crippen molar-refractivity contribution in [1.82, 2.24) is 20.0 Å². The van der Waals surface area contributed by atoms with Gasteiger partial charge < -0.3 is 19.3 Å². The van der Waals surface area contributed by atoms with Gasteiger partial charge in [0, 0.05) is 25.6 Å². The second kappa shape index (κ2) is 11.6. The van der Waals surface area contributed by atoms with Crippen molar-refractivity contribution >= 4 is 29.7 Å². The first-order chi connectivity index (χ1) is 20.5. The average molecular weight is 595 g/mol. The zero-order valence-electron chi connectivity index (χ0n) is 25.3. The van der Waals surface area contributed by atoms with Crippen LogP contribution in [0.4, 0.5) is 4.79 Å². The monoisotopic (exact) mass is 594 g/mol. The van der Waals surface area contributed by atoms with Crippen LogP contribution in [-0.4, -0.2) is 100 Å². The lowest BCUT2D eigenvalue weighted by Crippen LogP contribution is -2.54. The van der Waals surface area contributed by atoms with E-state index in [-0.39, 0.29) is 37.0 Å². The van der Waals surface area contributed by atoms with Gasteiger partial charge in [-0.15, -0.1) is 0 Å². The SMILES string of the molecule is CC(C)(C)OC(=O)N1CCC(OC2CC(N3CCC(c4ccc5c(c4)C(=O)N(C4CCC(=O)NC4=O)C5=O)CC3)C2)CC1. The maximum atomic E-state index is 13.2. The highest BCUT2D eigenvalue weighted by molar-refractivity contribution is 6.23. The van der Waals surface area contributed by atoms with Gasteiger partial charge >= 0.3 is 6.09 Å². The predicted molar refractivity (Wildman–Crippen MR) is 155 cm³/mol. The number of hydrogen-bond acceptors (Lipinski definition) is 8. The highest BCUT2D eigenvalue weighted by Gasteiger charge is 2.45. The summed E-state index contributed by atoms with van der Waals surface area (Å²) in [5, 5.41) is 2.24. The molecule has 5 amide bonds. The number of amides is 5. The van der Waals surface area contributed by atoms with Crippen LogP contribution in [-0.2, 0) is 19.1 Å². The Hall–Kier alpha value is -3.31. The molecule has 4 fully saturated rings. The van der Waals surface area contributed by atoms with Crippen molar-refractivity contribution in [1.29, 1.82) is 0 Å². The number of nitrogens with one attached hydrogen (secondary N) is 1. The molecular weight excluding hydrogens is 552 g/mol. The first kappa shape index (κ1) is 29.7. The largest absolute Gasteiger partial charge is 0.444 e. The molecule has 1 aromatic rings. The third-order valence-corrected chi connectivity index (χ3v) is 9.53. The molecule has 11 nitrogen and oxygen atoms in total. The number of benzene rings is 1. The molecule has 1 aromatic carbocycles. The molecule has 1 atom stereocenters. The minimum absolute atomic E-state index is 0.108. The fraction of sp³-hybridized carbons (Fsp3) is 0.656. The van der Waals surface area contributed by atoms with Crippen molar-refractivity contribution in [2.75, 3.05) is 26.2 Å². The number of ether oxygens (including phenoxy) is 2. The summed E-state index contributed by atoms with van der Waals surface area (Å²) in [6.07, 6.45) is 6.17. The number of hydrogen-bond donors (Lipinski definition) is 1. The van der Waals surface area contributed by atoms with E-state index in [1.54, 1.807) is 11.0 Å². The smallest absolute Gasteiger partial charge is 0.410 e. The van der Waals surface area contributed by atoms with Gasteiger partial charge in [-0.25, -0.2) is 4.79 Å². The first-order valence-corrected chi connectivity index (χ1v) is 15.7. The summed E-state index contributed by atoms with van der Waals surface area (Å²) in [6, 6.07) is 5.07. The molecule has 0 spiro atoms. The van der Waals surface area contributed by atoms with Crippen molar-refractivity contribution in [2.24, 2.45) is 0 Å². The zero-order valence-corrected chi connectivity index (χ0v) is 25.3. The minimum atomic E-state index is -0.947. The van der Waals surface area contributed by atoms with Gasteiger partial charge in [0.05, 0.1) is 23.3 Å². The molecule has 4 heterocycles. The third kappa shape index (κ3) is 6.20. The molecule has 0 bridgehead atoms. The Kier molecular flexibility index (Phi) is 8.06. The fourth-order valence-electron chi connectivity index (χ4n) is 7.06. The van der Waals surface area contributed by atoms with Crippen LogP contribution in [0.3, 0.4) is 0 Å². The summed E-state index contributed by atoms with van der Waals surface area (Å²) in [4.78, 5) is 67.8. The summed E-state index contributed by atoms with van der Waals surface area (Å²) in [5.41, 5.74) is 1.25. The van der Waals surface area contributed by atoms with Crippen LogP contribution < -0.4 is 5.32 Å². The molecule has 4 aliphatic heterocycles. The second-order valence-electron chi connectivity index (χ2n) is 13.6. The Balaban J connectivity index is 0.953. The van der Waals surface area contributed by atoms with E-state index in [1.807, 2.05) is 32.9 Å². The van der Waals surface area contributed by atoms with Crippen molar-refractivity contribution in [3.63, 3.8) is 0 Å².